The second-order valence-electron chi connectivity index (χ2n) is 8.44. The molecule has 0 heterocycles. The molecule has 3 unspecified atom stereocenters. The van der Waals surface area contributed by atoms with Crippen molar-refractivity contribution in [3.63, 3.8) is 0 Å². The molecule has 0 aromatic carbocycles. The molecule has 0 N–H and O–H groups in total. The summed E-state index contributed by atoms with van der Waals surface area (Å²) in [4.78, 5) is 2.67. The number of nitrogens with zero attached hydrogens (tertiary/aromatic N) is 1. The van der Waals surface area contributed by atoms with Crippen LogP contribution in [0, 0.1) is 23.7 Å². The number of hydrogen-bond donors (Lipinski definition) is 0. The summed E-state index contributed by atoms with van der Waals surface area (Å²) in [5.74, 6) is 3.15. The molecule has 0 aliphatic heterocycles. The highest BCUT2D eigenvalue weighted by Crippen LogP contribution is 2.46. The topological polar surface area (TPSA) is 3.24 Å². The van der Waals surface area contributed by atoms with Gasteiger partial charge in [-0.1, -0.05) is 47.0 Å². The van der Waals surface area contributed by atoms with Gasteiger partial charge in [-0.15, -0.1) is 0 Å². The van der Waals surface area contributed by atoms with Crippen LogP contribution in [0.2, 0.25) is 0 Å². The molecule has 2 aliphatic carbocycles. The van der Waals surface area contributed by atoms with Crippen LogP contribution < -0.4 is 0 Å². The van der Waals surface area contributed by atoms with Crippen molar-refractivity contribution >= 4 is 7.85 Å². The molecule has 2 saturated carbocycles. The van der Waals surface area contributed by atoms with E-state index >= 15 is 0 Å². The van der Waals surface area contributed by atoms with E-state index in [1.807, 2.05) is 0 Å². The van der Waals surface area contributed by atoms with Gasteiger partial charge in [-0.3, -0.25) is 0 Å². The maximum Gasteiger partial charge on any atom is 0.0957 e. The maximum absolute atomic E-state index is 7.01. The van der Waals surface area contributed by atoms with E-state index in [1.54, 1.807) is 0 Å². The zero-order valence-electron chi connectivity index (χ0n) is 14.4. The lowest BCUT2D eigenvalue weighted by Crippen LogP contribution is -2.59. The first kappa shape index (κ1) is 16.4. The summed E-state index contributed by atoms with van der Waals surface area (Å²) >= 11 is 0. The zero-order valence-corrected chi connectivity index (χ0v) is 14.4. The molecule has 0 amide bonds. The molecule has 114 valence electrons. The average Bonchev–Trinajstić information content (AvgIpc) is 2.34. The predicted molar refractivity (Wildman–Crippen MR) is 89.0 cm³/mol. The van der Waals surface area contributed by atoms with E-state index in [0.717, 1.165) is 18.4 Å². The summed E-state index contributed by atoms with van der Waals surface area (Å²) in [5, 5.41) is 0. The van der Waals surface area contributed by atoms with Crippen LogP contribution in [0.4, 0.5) is 0 Å². The Hall–Kier alpha value is 0.0249. The Morgan fingerprint density at radius 1 is 1.05 bits per heavy atom. The Morgan fingerprint density at radius 2 is 1.60 bits per heavy atom. The van der Waals surface area contributed by atoms with Gasteiger partial charge in [0.1, 0.15) is 0 Å². The van der Waals surface area contributed by atoms with Gasteiger partial charge in [0.2, 0.25) is 0 Å². The largest absolute Gasteiger partial charge is 0.303 e. The lowest BCUT2D eigenvalue weighted by molar-refractivity contribution is 0.00145. The third-order valence-electron chi connectivity index (χ3n) is 5.77. The number of rotatable bonds is 5. The van der Waals surface area contributed by atoms with Crippen LogP contribution >= 0.6 is 0 Å². The first-order valence-electron chi connectivity index (χ1n) is 8.87. The van der Waals surface area contributed by atoms with Crippen molar-refractivity contribution in [2.45, 2.75) is 84.6 Å². The molecule has 2 aliphatic rings. The van der Waals surface area contributed by atoms with Gasteiger partial charge in [-0.05, 0) is 55.3 Å². The minimum Gasteiger partial charge on any atom is -0.303 e. The van der Waals surface area contributed by atoms with E-state index < -0.39 is 0 Å². The molecule has 0 aromatic heterocycles. The van der Waals surface area contributed by atoms with Crippen molar-refractivity contribution in [1.82, 2.24) is 4.90 Å². The molecule has 0 saturated heterocycles. The highest BCUT2D eigenvalue weighted by Gasteiger charge is 2.43. The van der Waals surface area contributed by atoms with Gasteiger partial charge in [-0.2, -0.15) is 0 Å². The van der Waals surface area contributed by atoms with Gasteiger partial charge in [0.15, 0.2) is 0 Å². The van der Waals surface area contributed by atoms with E-state index in [2.05, 4.69) is 39.5 Å². The van der Waals surface area contributed by atoms with E-state index in [1.165, 1.54) is 38.5 Å². The van der Waals surface area contributed by atoms with E-state index in [4.69, 9.17) is 7.85 Å². The van der Waals surface area contributed by atoms with Crippen molar-refractivity contribution in [2.24, 2.45) is 23.7 Å². The normalized spacial score (nSPS) is 35.8. The first-order valence-corrected chi connectivity index (χ1v) is 8.87. The minimum atomic E-state index is -0.0397. The van der Waals surface area contributed by atoms with Gasteiger partial charge in [0.05, 0.1) is 7.85 Å². The second-order valence-corrected chi connectivity index (χ2v) is 8.44. The van der Waals surface area contributed by atoms with Crippen LogP contribution in [0.15, 0.2) is 0 Å². The molecule has 1 nitrogen and oxygen atoms in total. The maximum atomic E-state index is 7.01. The monoisotopic (exact) mass is 275 g/mol. The Morgan fingerprint density at radius 3 is 2.05 bits per heavy atom. The fourth-order valence-corrected chi connectivity index (χ4v) is 4.60. The minimum absolute atomic E-state index is 0.0397. The molecule has 0 spiro atoms. The lowest BCUT2D eigenvalue weighted by Gasteiger charge is -2.55. The first-order chi connectivity index (χ1) is 9.32. The summed E-state index contributed by atoms with van der Waals surface area (Å²) in [5.41, 5.74) is -0.0397. The van der Waals surface area contributed by atoms with Crippen LogP contribution in [0.3, 0.4) is 0 Å². The standard InChI is InChI=1S/C18H34BN/c1-13(2)12-20(15(5)14(3)4)18(19)10-16-7-6-8-17(9-16)11-18/h13-17H,6-12H2,1-5H3. The molecule has 2 heteroatoms. The van der Waals surface area contributed by atoms with Gasteiger partial charge >= 0.3 is 0 Å². The molecule has 2 rings (SSSR count). The lowest BCUT2D eigenvalue weighted by atomic mass is 9.56. The molecule has 2 radical (unpaired) electrons. The Kier molecular flexibility index (Phi) is 5.26. The van der Waals surface area contributed by atoms with Crippen LogP contribution in [0.25, 0.3) is 0 Å². The van der Waals surface area contributed by atoms with Crippen LogP contribution in [0.5, 0.6) is 0 Å². The van der Waals surface area contributed by atoms with Crippen LogP contribution in [-0.2, 0) is 0 Å². The fraction of sp³-hybridized carbons (Fsp3) is 1.00. The second kappa shape index (κ2) is 6.42. The summed E-state index contributed by atoms with van der Waals surface area (Å²) in [6.45, 7) is 12.9. The number of hydrogen-bond acceptors (Lipinski definition) is 1. The van der Waals surface area contributed by atoms with Crippen molar-refractivity contribution in [2.75, 3.05) is 6.54 Å². The highest BCUT2D eigenvalue weighted by molar-refractivity contribution is 6.15. The summed E-state index contributed by atoms with van der Waals surface area (Å²) in [6.07, 6.45) is 8.18. The van der Waals surface area contributed by atoms with Crippen LogP contribution in [0.1, 0.15) is 73.1 Å². The zero-order chi connectivity index (χ0) is 14.9. The van der Waals surface area contributed by atoms with Gasteiger partial charge in [0.25, 0.3) is 0 Å². The quantitative estimate of drug-likeness (QED) is 0.670. The van der Waals surface area contributed by atoms with E-state index in [0.29, 0.717) is 17.9 Å². The Bertz CT molecular complexity index is 301. The predicted octanol–water partition coefficient (Wildman–Crippen LogP) is 4.45. The molecule has 20 heavy (non-hydrogen) atoms. The van der Waals surface area contributed by atoms with Crippen molar-refractivity contribution in [3.05, 3.63) is 0 Å². The van der Waals surface area contributed by atoms with Gasteiger partial charge < -0.3 is 4.90 Å². The molecule has 3 atom stereocenters. The molecular formula is C18H34BN. The number of fused-ring (bicyclic) bond motifs is 2. The molecule has 2 bridgehead atoms. The average molecular weight is 275 g/mol. The molecular weight excluding hydrogens is 241 g/mol. The summed E-state index contributed by atoms with van der Waals surface area (Å²) < 4.78 is 0. The Balaban J connectivity index is 2.17. The highest BCUT2D eigenvalue weighted by atomic mass is 15.2. The SMILES string of the molecule is [B]C1(N(CC(C)C)C(C)C(C)C)CC2CCCC(C2)C1. The Labute approximate surface area is 128 Å². The van der Waals surface area contributed by atoms with Crippen molar-refractivity contribution < 1.29 is 0 Å². The fourth-order valence-electron chi connectivity index (χ4n) is 4.60. The van der Waals surface area contributed by atoms with Crippen molar-refractivity contribution in [3.8, 4) is 0 Å². The third kappa shape index (κ3) is 3.61. The smallest absolute Gasteiger partial charge is 0.0957 e. The van der Waals surface area contributed by atoms with Gasteiger partial charge in [-0.25, -0.2) is 0 Å². The van der Waals surface area contributed by atoms with Crippen molar-refractivity contribution in [1.29, 1.82) is 0 Å². The summed E-state index contributed by atoms with van der Waals surface area (Å²) in [7, 11) is 7.01. The molecule has 2 fully saturated rings. The molecule has 0 aromatic rings. The van der Waals surface area contributed by atoms with E-state index in [9.17, 15) is 0 Å². The third-order valence-corrected chi connectivity index (χ3v) is 5.77. The summed E-state index contributed by atoms with van der Waals surface area (Å²) in [6, 6.07) is 0.584. The van der Waals surface area contributed by atoms with E-state index in [-0.39, 0.29) is 5.44 Å². The van der Waals surface area contributed by atoms with Crippen LogP contribution in [-0.4, -0.2) is 30.8 Å². The van der Waals surface area contributed by atoms with Gasteiger partial charge in [0, 0.05) is 12.6 Å².